The lowest BCUT2D eigenvalue weighted by molar-refractivity contribution is -0.0673. The molecule has 1 aromatic rings. The molecule has 5 nitrogen and oxygen atoms in total. The number of hydrogen-bond acceptors (Lipinski definition) is 3. The molecule has 0 aliphatic heterocycles. The van der Waals surface area contributed by atoms with Crippen molar-refractivity contribution in [3.63, 3.8) is 0 Å². The lowest BCUT2D eigenvalue weighted by Crippen LogP contribution is -2.61. The number of carbonyl (C=O) groups is 2. The number of carbonyl (C=O) groups excluding carboxylic acids is 2. The van der Waals surface area contributed by atoms with E-state index in [4.69, 9.17) is 0 Å². The summed E-state index contributed by atoms with van der Waals surface area (Å²) in [5.74, 6) is -0.0442. The van der Waals surface area contributed by atoms with Crippen LogP contribution in [0.2, 0.25) is 0 Å². The highest BCUT2D eigenvalue weighted by Crippen LogP contribution is 2.40. The SMILES string of the molecule is CC(=O)c1cccc(NC(=O)NC2CC(O)C2(C)C)c1. The number of urea groups is 1. The molecule has 0 radical (unpaired) electrons. The maximum absolute atomic E-state index is 11.9. The molecule has 2 amide bonds. The van der Waals surface area contributed by atoms with Crippen LogP contribution in [0.4, 0.5) is 10.5 Å². The Labute approximate surface area is 118 Å². The quantitative estimate of drug-likeness (QED) is 0.740. The van der Waals surface area contributed by atoms with Crippen LogP contribution in [-0.4, -0.2) is 29.1 Å². The first-order valence-corrected chi connectivity index (χ1v) is 6.67. The predicted octanol–water partition coefficient (Wildman–Crippen LogP) is 2.17. The number of anilines is 1. The van der Waals surface area contributed by atoms with Gasteiger partial charge in [0.15, 0.2) is 5.78 Å². The highest BCUT2D eigenvalue weighted by Gasteiger charge is 2.47. The number of amides is 2. The van der Waals surface area contributed by atoms with E-state index in [0.717, 1.165) is 0 Å². The zero-order valence-electron chi connectivity index (χ0n) is 11.9. The first kappa shape index (κ1) is 14.5. The molecule has 2 rings (SSSR count). The van der Waals surface area contributed by atoms with Gasteiger partial charge >= 0.3 is 6.03 Å². The van der Waals surface area contributed by atoms with Crippen molar-refractivity contribution in [2.75, 3.05) is 5.32 Å². The van der Waals surface area contributed by atoms with Gasteiger partial charge in [0.25, 0.3) is 0 Å². The molecule has 1 aliphatic carbocycles. The van der Waals surface area contributed by atoms with Gasteiger partial charge in [-0.1, -0.05) is 26.0 Å². The average Bonchev–Trinajstić information content (AvgIpc) is 2.38. The Balaban J connectivity index is 1.95. The van der Waals surface area contributed by atoms with Crippen molar-refractivity contribution < 1.29 is 14.7 Å². The summed E-state index contributed by atoms with van der Waals surface area (Å²) in [4.78, 5) is 23.2. The highest BCUT2D eigenvalue weighted by molar-refractivity contribution is 5.96. The van der Waals surface area contributed by atoms with E-state index in [-0.39, 0.29) is 29.4 Å². The van der Waals surface area contributed by atoms with Crippen LogP contribution in [0.1, 0.15) is 37.6 Å². The average molecular weight is 276 g/mol. The number of aliphatic hydroxyl groups is 1. The molecule has 108 valence electrons. The van der Waals surface area contributed by atoms with Gasteiger partial charge in [-0.15, -0.1) is 0 Å². The Morgan fingerprint density at radius 1 is 1.35 bits per heavy atom. The zero-order valence-corrected chi connectivity index (χ0v) is 11.9. The molecule has 1 aromatic carbocycles. The number of benzene rings is 1. The van der Waals surface area contributed by atoms with Crippen LogP contribution >= 0.6 is 0 Å². The summed E-state index contributed by atoms with van der Waals surface area (Å²) in [6.45, 7) is 5.32. The maximum Gasteiger partial charge on any atom is 0.319 e. The Hall–Kier alpha value is -1.88. The molecule has 0 saturated heterocycles. The molecule has 0 bridgehead atoms. The van der Waals surface area contributed by atoms with Crippen molar-refractivity contribution >= 4 is 17.5 Å². The Morgan fingerprint density at radius 2 is 2.05 bits per heavy atom. The summed E-state index contributed by atoms with van der Waals surface area (Å²) in [6.07, 6.45) is 0.183. The normalized spacial score (nSPS) is 23.6. The number of rotatable bonds is 3. The van der Waals surface area contributed by atoms with Crippen LogP contribution in [0.25, 0.3) is 0 Å². The molecule has 2 unspecified atom stereocenters. The van der Waals surface area contributed by atoms with E-state index >= 15 is 0 Å². The van der Waals surface area contributed by atoms with E-state index in [9.17, 15) is 14.7 Å². The molecule has 20 heavy (non-hydrogen) atoms. The van der Waals surface area contributed by atoms with E-state index in [1.165, 1.54) is 6.92 Å². The van der Waals surface area contributed by atoms with Gasteiger partial charge in [0.05, 0.1) is 6.10 Å². The van der Waals surface area contributed by atoms with Crippen LogP contribution in [0, 0.1) is 5.41 Å². The van der Waals surface area contributed by atoms with Crippen LogP contribution in [0.15, 0.2) is 24.3 Å². The minimum absolute atomic E-state index is 0.0442. The molecule has 5 heteroatoms. The number of ketones is 1. The third kappa shape index (κ3) is 2.82. The summed E-state index contributed by atoms with van der Waals surface area (Å²) < 4.78 is 0. The van der Waals surface area contributed by atoms with Crippen molar-refractivity contribution in [1.82, 2.24) is 5.32 Å². The van der Waals surface area contributed by atoms with Gasteiger partial charge in [-0.25, -0.2) is 4.79 Å². The standard InChI is InChI=1S/C15H20N2O3/c1-9(18)10-5-4-6-11(7-10)16-14(20)17-12-8-13(19)15(12,2)3/h4-7,12-13,19H,8H2,1-3H3,(H2,16,17,20). The van der Waals surface area contributed by atoms with Gasteiger partial charge in [-0.2, -0.15) is 0 Å². The van der Waals surface area contributed by atoms with E-state index in [1.807, 2.05) is 13.8 Å². The van der Waals surface area contributed by atoms with E-state index < -0.39 is 0 Å². The number of Topliss-reactive ketones (excluding diaryl/α,β-unsaturated/α-hetero) is 1. The van der Waals surface area contributed by atoms with Gasteiger partial charge < -0.3 is 15.7 Å². The molecule has 0 aromatic heterocycles. The lowest BCUT2D eigenvalue weighted by atomic mass is 9.65. The monoisotopic (exact) mass is 276 g/mol. The molecule has 2 atom stereocenters. The van der Waals surface area contributed by atoms with Crippen molar-refractivity contribution in [1.29, 1.82) is 0 Å². The zero-order chi connectivity index (χ0) is 14.9. The molecule has 1 aliphatic rings. The maximum atomic E-state index is 11.9. The van der Waals surface area contributed by atoms with Crippen LogP contribution in [-0.2, 0) is 0 Å². The van der Waals surface area contributed by atoms with Crippen molar-refractivity contribution in [2.45, 2.75) is 39.3 Å². The Bertz CT molecular complexity index is 540. The van der Waals surface area contributed by atoms with Gasteiger partial charge in [0, 0.05) is 22.7 Å². The third-order valence-electron chi connectivity index (χ3n) is 4.05. The third-order valence-corrected chi connectivity index (χ3v) is 4.05. The Kier molecular flexibility index (Phi) is 3.81. The molecule has 1 fully saturated rings. The first-order valence-electron chi connectivity index (χ1n) is 6.67. The minimum atomic E-state index is -0.381. The van der Waals surface area contributed by atoms with Gasteiger partial charge in [-0.3, -0.25) is 4.79 Å². The smallest absolute Gasteiger partial charge is 0.319 e. The molecule has 0 heterocycles. The second-order valence-electron chi connectivity index (χ2n) is 5.86. The molecule has 0 spiro atoms. The fourth-order valence-electron chi connectivity index (χ4n) is 2.29. The minimum Gasteiger partial charge on any atom is -0.392 e. The summed E-state index contributed by atoms with van der Waals surface area (Å²) in [5, 5.41) is 15.2. The first-order chi connectivity index (χ1) is 9.30. The van der Waals surface area contributed by atoms with E-state index in [0.29, 0.717) is 17.7 Å². The van der Waals surface area contributed by atoms with Crippen molar-refractivity contribution in [3.8, 4) is 0 Å². The van der Waals surface area contributed by atoms with Crippen molar-refractivity contribution in [2.24, 2.45) is 5.41 Å². The fourth-order valence-corrected chi connectivity index (χ4v) is 2.29. The largest absolute Gasteiger partial charge is 0.392 e. The summed E-state index contributed by atoms with van der Waals surface area (Å²) in [6, 6.07) is 6.43. The van der Waals surface area contributed by atoms with E-state index in [2.05, 4.69) is 10.6 Å². The molecular formula is C15H20N2O3. The van der Waals surface area contributed by atoms with Gasteiger partial charge in [-0.05, 0) is 25.5 Å². The lowest BCUT2D eigenvalue weighted by Gasteiger charge is -2.49. The van der Waals surface area contributed by atoms with E-state index in [1.54, 1.807) is 24.3 Å². The van der Waals surface area contributed by atoms with Crippen LogP contribution in [0.3, 0.4) is 0 Å². The van der Waals surface area contributed by atoms with Crippen LogP contribution in [0.5, 0.6) is 0 Å². The topological polar surface area (TPSA) is 78.4 Å². The number of nitrogens with one attached hydrogen (secondary N) is 2. The second kappa shape index (κ2) is 5.25. The number of aliphatic hydroxyl groups excluding tert-OH is 1. The van der Waals surface area contributed by atoms with Crippen molar-refractivity contribution in [3.05, 3.63) is 29.8 Å². The summed E-state index contributed by atoms with van der Waals surface area (Å²) in [5.41, 5.74) is 0.827. The van der Waals surface area contributed by atoms with Gasteiger partial charge in [0.2, 0.25) is 0 Å². The Morgan fingerprint density at radius 3 is 2.60 bits per heavy atom. The molecule has 3 N–H and O–H groups in total. The summed E-state index contributed by atoms with van der Waals surface area (Å²) >= 11 is 0. The molecular weight excluding hydrogens is 256 g/mol. The highest BCUT2D eigenvalue weighted by atomic mass is 16.3. The number of hydrogen-bond donors (Lipinski definition) is 3. The summed E-state index contributed by atoms with van der Waals surface area (Å²) in [7, 11) is 0. The molecule has 1 saturated carbocycles. The van der Waals surface area contributed by atoms with Gasteiger partial charge in [0.1, 0.15) is 0 Å². The predicted molar refractivity (Wildman–Crippen MR) is 76.8 cm³/mol. The second-order valence-corrected chi connectivity index (χ2v) is 5.86. The van der Waals surface area contributed by atoms with Crippen LogP contribution < -0.4 is 10.6 Å². The fraction of sp³-hybridized carbons (Fsp3) is 0.467.